The fourth-order valence-corrected chi connectivity index (χ4v) is 2.16. The van der Waals surface area contributed by atoms with Crippen LogP contribution in [-0.2, 0) is 0 Å². The van der Waals surface area contributed by atoms with Crippen molar-refractivity contribution in [3.63, 3.8) is 0 Å². The molecule has 0 atom stereocenters. The minimum Gasteiger partial charge on any atom is -0.489 e. The number of fused-ring (bicyclic) bond motifs is 1. The molecule has 1 spiro atoms. The highest BCUT2D eigenvalue weighted by Gasteiger charge is 2.40. The quantitative estimate of drug-likeness (QED) is 0.626. The summed E-state index contributed by atoms with van der Waals surface area (Å²) in [6.45, 7) is 1.65. The van der Waals surface area contributed by atoms with Crippen LogP contribution in [-0.4, -0.2) is 13.2 Å². The molecule has 0 radical (unpaired) electrons. The fraction of sp³-hybridized carbons (Fsp3) is 0.500. The lowest BCUT2D eigenvalue weighted by atomic mass is 9.70. The zero-order valence-electron chi connectivity index (χ0n) is 8.16. The highest BCUT2D eigenvalue weighted by Crippen LogP contribution is 2.44. The van der Waals surface area contributed by atoms with Crippen molar-refractivity contribution in [3.05, 3.63) is 24.3 Å². The van der Waals surface area contributed by atoms with Crippen LogP contribution in [0.5, 0.6) is 11.5 Å². The number of rotatable bonds is 0. The van der Waals surface area contributed by atoms with Crippen LogP contribution in [0.25, 0.3) is 0 Å². The van der Waals surface area contributed by atoms with Crippen molar-refractivity contribution >= 4 is 0 Å². The highest BCUT2D eigenvalue weighted by molar-refractivity contribution is 5.40. The Bertz CT molecular complexity index is 313. The molecule has 14 heavy (non-hydrogen) atoms. The van der Waals surface area contributed by atoms with Crippen molar-refractivity contribution in [1.29, 1.82) is 0 Å². The summed E-state index contributed by atoms with van der Waals surface area (Å²) in [6, 6.07) is 7.93. The first-order chi connectivity index (χ1) is 6.88. The summed E-state index contributed by atoms with van der Waals surface area (Å²) < 4.78 is 11.6. The van der Waals surface area contributed by atoms with Gasteiger partial charge in [-0.2, -0.15) is 0 Å². The number of para-hydroxylation sites is 2. The highest BCUT2D eigenvalue weighted by atomic mass is 16.5. The van der Waals surface area contributed by atoms with E-state index in [9.17, 15) is 0 Å². The van der Waals surface area contributed by atoms with Gasteiger partial charge in [0.1, 0.15) is 0 Å². The van der Waals surface area contributed by atoms with Gasteiger partial charge in [-0.1, -0.05) is 18.6 Å². The van der Waals surface area contributed by atoms with Crippen LogP contribution in [0.3, 0.4) is 0 Å². The smallest absolute Gasteiger partial charge is 0.161 e. The van der Waals surface area contributed by atoms with E-state index in [1.807, 2.05) is 24.3 Å². The standard InChI is InChI=1S/C12H14O2/c1-2-5-11-10(4-1)13-8-12(9-14-11)6-3-7-12/h1-2,4-5H,3,6-9H2. The fourth-order valence-electron chi connectivity index (χ4n) is 2.16. The molecular weight excluding hydrogens is 176 g/mol. The Labute approximate surface area is 83.8 Å². The molecule has 1 aromatic rings. The van der Waals surface area contributed by atoms with Crippen molar-refractivity contribution in [2.45, 2.75) is 19.3 Å². The number of hydrogen-bond donors (Lipinski definition) is 0. The van der Waals surface area contributed by atoms with Crippen molar-refractivity contribution in [1.82, 2.24) is 0 Å². The SMILES string of the molecule is c1ccc2c(c1)OCC1(CCC1)CO2. The van der Waals surface area contributed by atoms with Crippen LogP contribution in [0.1, 0.15) is 19.3 Å². The molecule has 1 aromatic carbocycles. The largest absolute Gasteiger partial charge is 0.489 e. The summed E-state index contributed by atoms with van der Waals surface area (Å²) in [6.07, 6.45) is 3.82. The monoisotopic (exact) mass is 190 g/mol. The maximum Gasteiger partial charge on any atom is 0.161 e. The second kappa shape index (κ2) is 2.91. The first-order valence-electron chi connectivity index (χ1n) is 5.23. The predicted molar refractivity (Wildman–Crippen MR) is 53.7 cm³/mol. The number of hydrogen-bond acceptors (Lipinski definition) is 2. The molecule has 0 aromatic heterocycles. The lowest BCUT2D eigenvalue weighted by molar-refractivity contribution is 0.0268. The van der Waals surface area contributed by atoms with Gasteiger partial charge in [-0.15, -0.1) is 0 Å². The van der Waals surface area contributed by atoms with Gasteiger partial charge in [-0.3, -0.25) is 0 Å². The lowest BCUT2D eigenvalue weighted by Crippen LogP contribution is -2.39. The Morgan fingerprint density at radius 1 is 0.929 bits per heavy atom. The third-order valence-corrected chi connectivity index (χ3v) is 3.33. The Kier molecular flexibility index (Phi) is 1.69. The molecular formula is C12H14O2. The van der Waals surface area contributed by atoms with Gasteiger partial charge in [-0.05, 0) is 25.0 Å². The van der Waals surface area contributed by atoms with E-state index in [1.165, 1.54) is 19.3 Å². The van der Waals surface area contributed by atoms with Crippen LogP contribution in [0.15, 0.2) is 24.3 Å². The van der Waals surface area contributed by atoms with Gasteiger partial charge in [0.25, 0.3) is 0 Å². The van der Waals surface area contributed by atoms with Crippen LogP contribution in [0.4, 0.5) is 0 Å². The number of ether oxygens (including phenoxy) is 2. The molecule has 1 heterocycles. The lowest BCUT2D eigenvalue weighted by Gasteiger charge is -2.39. The Morgan fingerprint density at radius 3 is 1.93 bits per heavy atom. The van der Waals surface area contributed by atoms with Gasteiger partial charge < -0.3 is 9.47 Å². The van der Waals surface area contributed by atoms with Gasteiger partial charge in [0, 0.05) is 5.41 Å². The van der Waals surface area contributed by atoms with Crippen molar-refractivity contribution < 1.29 is 9.47 Å². The summed E-state index contributed by atoms with van der Waals surface area (Å²) in [5, 5.41) is 0. The maximum absolute atomic E-state index is 5.78. The molecule has 3 rings (SSSR count). The van der Waals surface area contributed by atoms with Crippen molar-refractivity contribution in [2.24, 2.45) is 5.41 Å². The molecule has 1 fully saturated rings. The van der Waals surface area contributed by atoms with Gasteiger partial charge in [0.15, 0.2) is 11.5 Å². The molecule has 74 valence electrons. The van der Waals surface area contributed by atoms with E-state index in [4.69, 9.17) is 9.47 Å². The second-order valence-corrected chi connectivity index (χ2v) is 4.38. The summed E-state index contributed by atoms with van der Waals surface area (Å²) >= 11 is 0. The molecule has 1 aliphatic carbocycles. The molecule has 0 saturated heterocycles. The van der Waals surface area contributed by atoms with E-state index in [-0.39, 0.29) is 0 Å². The van der Waals surface area contributed by atoms with E-state index < -0.39 is 0 Å². The molecule has 0 unspecified atom stereocenters. The predicted octanol–water partition coefficient (Wildman–Crippen LogP) is 2.63. The number of benzene rings is 1. The van der Waals surface area contributed by atoms with Crippen LogP contribution in [0, 0.1) is 5.41 Å². The molecule has 1 aliphatic heterocycles. The minimum atomic E-state index is 0.318. The van der Waals surface area contributed by atoms with Crippen molar-refractivity contribution in [3.8, 4) is 11.5 Å². The molecule has 1 saturated carbocycles. The molecule has 0 bridgehead atoms. The average Bonchev–Trinajstić information content (AvgIpc) is 2.36. The van der Waals surface area contributed by atoms with E-state index in [0.717, 1.165) is 24.7 Å². The summed E-state index contributed by atoms with van der Waals surface area (Å²) in [5.74, 6) is 1.80. The van der Waals surface area contributed by atoms with E-state index in [2.05, 4.69) is 0 Å². The minimum absolute atomic E-state index is 0.318. The van der Waals surface area contributed by atoms with Crippen LogP contribution >= 0.6 is 0 Å². The second-order valence-electron chi connectivity index (χ2n) is 4.38. The third kappa shape index (κ3) is 1.17. The third-order valence-electron chi connectivity index (χ3n) is 3.33. The first-order valence-corrected chi connectivity index (χ1v) is 5.23. The Hall–Kier alpha value is -1.18. The molecule has 2 aliphatic rings. The van der Waals surface area contributed by atoms with Crippen LogP contribution < -0.4 is 9.47 Å². The zero-order valence-corrected chi connectivity index (χ0v) is 8.16. The molecule has 2 heteroatoms. The Balaban J connectivity index is 1.86. The van der Waals surface area contributed by atoms with Crippen LogP contribution in [0.2, 0.25) is 0 Å². The zero-order chi connectivity index (χ0) is 9.43. The summed E-state index contributed by atoms with van der Waals surface area (Å²) in [4.78, 5) is 0. The van der Waals surface area contributed by atoms with Gasteiger partial charge >= 0.3 is 0 Å². The van der Waals surface area contributed by atoms with Crippen molar-refractivity contribution in [2.75, 3.05) is 13.2 Å². The maximum atomic E-state index is 5.78. The Morgan fingerprint density at radius 2 is 1.50 bits per heavy atom. The summed E-state index contributed by atoms with van der Waals surface area (Å²) in [5.41, 5.74) is 0.318. The molecule has 0 N–H and O–H groups in total. The molecule has 0 amide bonds. The van der Waals surface area contributed by atoms with Gasteiger partial charge in [0.2, 0.25) is 0 Å². The summed E-state index contributed by atoms with van der Waals surface area (Å²) in [7, 11) is 0. The van der Waals surface area contributed by atoms with E-state index in [0.29, 0.717) is 5.41 Å². The van der Waals surface area contributed by atoms with E-state index >= 15 is 0 Å². The average molecular weight is 190 g/mol. The van der Waals surface area contributed by atoms with Gasteiger partial charge in [0.05, 0.1) is 13.2 Å². The molecule has 2 nitrogen and oxygen atoms in total. The van der Waals surface area contributed by atoms with E-state index in [1.54, 1.807) is 0 Å². The normalized spacial score (nSPS) is 22.6. The van der Waals surface area contributed by atoms with Gasteiger partial charge in [-0.25, -0.2) is 0 Å². The first kappa shape index (κ1) is 8.16. The topological polar surface area (TPSA) is 18.5 Å².